The molecule has 5 aliphatic heterocycles. The van der Waals surface area contributed by atoms with Crippen molar-refractivity contribution >= 4 is 361 Å². The smallest absolute Gasteiger partial charge is 0.327 e. The molecule has 38 heteroatoms. The summed E-state index contributed by atoms with van der Waals surface area (Å²) in [4.78, 5) is 170. The number of phenols is 1. The Morgan fingerprint density at radius 2 is 0.786 bits per heavy atom. The van der Waals surface area contributed by atoms with E-state index < -0.39 is 83.3 Å². The van der Waals surface area contributed by atoms with Gasteiger partial charge in [-0.15, -0.1) is 0 Å². The van der Waals surface area contributed by atoms with E-state index >= 15 is 0 Å². The molecule has 4 N–H and O–H groups in total. The lowest BCUT2D eigenvalue weighted by Crippen LogP contribution is -2.46. The van der Waals surface area contributed by atoms with Crippen molar-refractivity contribution in [3.63, 3.8) is 0 Å². The van der Waals surface area contributed by atoms with Gasteiger partial charge in [0.1, 0.15) is 74.5 Å². The molecular formula is C65H50Br10I5N5O18. The average molecular weight is 2620 g/mol. The lowest BCUT2D eigenvalue weighted by molar-refractivity contribution is -0.153. The SMILES string of the molecule is CCC(C(=O)O)N1C(=O)C(Br)=C(Br)C1=O.CCC(Cc1c(I)cc(I)c(N2C(=O)C(Br)=C(Br)C2=O)c1I)C(C)=O.Cc1c(I)cc(CC(C(=O)O)N2C(=O)C(Br)=C(Br)C2=O)cc1I.Cc1ccc(CC(C(=O)O)N2C(=O)C(Br)=C(Br)C2=O)cc1.Cc1ccc(CCN2C(=O)C(Br)=C(Br)C2=O)cc1O. The number of carbonyl (C=O) groups is 14. The highest BCUT2D eigenvalue weighted by molar-refractivity contribution is 14.1. The zero-order valence-electron chi connectivity index (χ0n) is 53.4. The molecule has 0 aromatic heterocycles. The van der Waals surface area contributed by atoms with Gasteiger partial charge >= 0.3 is 17.9 Å². The fraction of sp³-hybridized carbons (Fsp3) is 0.262. The number of Topliss-reactive ketones (excluding diaryl/α,β-unsaturated/α-hetero) is 1. The number of imide groups is 5. The van der Waals surface area contributed by atoms with Crippen LogP contribution in [0.2, 0.25) is 0 Å². The second-order valence-electron chi connectivity index (χ2n) is 22.1. The van der Waals surface area contributed by atoms with Crippen molar-refractivity contribution in [2.75, 3.05) is 11.4 Å². The van der Waals surface area contributed by atoms with Gasteiger partial charge < -0.3 is 20.4 Å². The largest absolute Gasteiger partial charge is 0.508 e. The Kier molecular flexibility index (Phi) is 35.4. The summed E-state index contributed by atoms with van der Waals surface area (Å²) in [5.41, 5.74) is 6.92. The van der Waals surface area contributed by atoms with Gasteiger partial charge in [0, 0.05) is 43.2 Å². The highest BCUT2D eigenvalue weighted by atomic mass is 127. The Balaban J connectivity index is 0.000000234. The number of aliphatic carboxylic acids is 3. The van der Waals surface area contributed by atoms with Gasteiger partial charge in [0.2, 0.25) is 0 Å². The van der Waals surface area contributed by atoms with Crippen LogP contribution in [0.4, 0.5) is 5.69 Å². The quantitative estimate of drug-likeness (QED) is 0.0500. The Morgan fingerprint density at radius 1 is 0.427 bits per heavy atom. The molecule has 4 aromatic rings. The molecule has 548 valence electrons. The van der Waals surface area contributed by atoms with Crippen LogP contribution >= 0.6 is 272 Å². The van der Waals surface area contributed by atoms with Gasteiger partial charge in [-0.1, -0.05) is 55.8 Å². The molecule has 103 heavy (non-hydrogen) atoms. The van der Waals surface area contributed by atoms with Crippen LogP contribution in [0.3, 0.4) is 0 Å². The second-order valence-corrected chi connectivity index (χ2v) is 35.8. The molecule has 10 amide bonds. The summed E-state index contributed by atoms with van der Waals surface area (Å²) in [6.07, 6.45) is 2.15. The summed E-state index contributed by atoms with van der Waals surface area (Å²) < 4.78 is 5.94. The summed E-state index contributed by atoms with van der Waals surface area (Å²) >= 11 is 41.3. The lowest BCUT2D eigenvalue weighted by Gasteiger charge is -2.23. The Labute approximate surface area is 740 Å². The predicted molar refractivity (Wildman–Crippen MR) is 458 cm³/mol. The third kappa shape index (κ3) is 21.6. The van der Waals surface area contributed by atoms with Crippen molar-refractivity contribution in [2.24, 2.45) is 5.92 Å². The normalized spacial score (nSPS) is 16.5. The molecule has 0 saturated heterocycles. The standard InChI is InChI=1S/C16H12Br2I3NO3.C14H9Br2I2NO4.C14H11Br2NO4.C13H11Br2NO3.C8H7Br2NO4/c1-3-7(6(2)23)4-8-9(19)5-10(20)14(13(8)21)22-15(24)11(17)12(18)16(22)25;1-5-7(17)2-6(3-8(5)18)4-9(14(22)23)19-12(20)10(15)11(16)13(19)21;1-7-2-4-8(5-3-7)6-9(14(20)21)17-12(18)10(15)11(16)13(17)19;1-7-2-3-8(6-9(7)17)4-5-16-12(18)10(14)11(15)13(16)19;1-2-3(8(14)15)11-6(12)4(9)5(10)7(11)13/h5,7H,3-4H2,1-2H3;2-3,9H,4H2,1H3,(H,22,23);2-5,9H,6H2,1H3,(H,20,21);2-3,6,17H,4-5H2,1H3;3H,2H2,1H3,(H,14,15). The van der Waals surface area contributed by atoms with Crippen LogP contribution in [0.25, 0.3) is 0 Å². The van der Waals surface area contributed by atoms with Crippen LogP contribution < -0.4 is 4.90 Å². The summed E-state index contributed by atoms with van der Waals surface area (Å²) in [7, 11) is 0. The van der Waals surface area contributed by atoms with Gasteiger partial charge in [0.15, 0.2) is 0 Å². The number of anilines is 1. The molecule has 23 nitrogen and oxygen atoms in total. The van der Waals surface area contributed by atoms with Crippen LogP contribution in [0.5, 0.6) is 5.75 Å². The first kappa shape index (κ1) is 91.2. The molecule has 9 rings (SSSR count). The van der Waals surface area contributed by atoms with Gasteiger partial charge in [-0.2, -0.15) is 0 Å². The first-order valence-electron chi connectivity index (χ1n) is 29.2. The number of nitrogens with zero attached hydrogens (tertiary/aromatic N) is 5. The van der Waals surface area contributed by atoms with Gasteiger partial charge in [-0.05, 0) is 383 Å². The molecule has 0 aliphatic carbocycles. The van der Waals surface area contributed by atoms with Crippen LogP contribution in [0, 0.1) is 44.5 Å². The molecule has 5 aliphatic rings. The van der Waals surface area contributed by atoms with Gasteiger partial charge in [0.25, 0.3) is 59.1 Å². The minimum Gasteiger partial charge on any atom is -0.508 e. The molecule has 5 heterocycles. The van der Waals surface area contributed by atoms with Crippen molar-refractivity contribution in [3.05, 3.63) is 162 Å². The van der Waals surface area contributed by atoms with Gasteiger partial charge in [-0.25, -0.2) is 19.3 Å². The summed E-state index contributed by atoms with van der Waals surface area (Å²) in [5.74, 6) is -8.64. The van der Waals surface area contributed by atoms with E-state index in [1.807, 2.05) is 70.2 Å². The number of aromatic hydroxyl groups is 1. The zero-order valence-corrected chi connectivity index (χ0v) is 80.1. The molecule has 4 unspecified atom stereocenters. The van der Waals surface area contributed by atoms with Gasteiger partial charge in [0.05, 0.1) is 5.69 Å². The van der Waals surface area contributed by atoms with Crippen molar-refractivity contribution in [1.29, 1.82) is 0 Å². The first-order valence-corrected chi connectivity index (χ1v) is 42.5. The van der Waals surface area contributed by atoms with Crippen molar-refractivity contribution < 1.29 is 87.5 Å². The summed E-state index contributed by atoms with van der Waals surface area (Å²) in [6, 6.07) is 14.7. The zero-order chi connectivity index (χ0) is 78.2. The predicted octanol–water partition coefficient (Wildman–Crippen LogP) is 15.3. The molecule has 0 spiro atoms. The van der Waals surface area contributed by atoms with Crippen LogP contribution in [-0.2, 0) is 92.8 Å². The van der Waals surface area contributed by atoms with Crippen molar-refractivity contribution in [1.82, 2.24) is 19.6 Å². The number of rotatable bonds is 19. The van der Waals surface area contributed by atoms with Gasteiger partial charge in [-0.3, -0.25) is 72.3 Å². The molecular weight excluding hydrogens is 2570 g/mol. The monoisotopic (exact) mass is 2610 g/mol. The average Bonchev–Trinajstić information content (AvgIpc) is 1.70. The number of phenolic OH excluding ortho intramolecular Hbond substituents is 1. The minimum atomic E-state index is -1.26. The summed E-state index contributed by atoms with van der Waals surface area (Å²) in [6.45, 7) is 11.2. The van der Waals surface area contributed by atoms with E-state index in [1.54, 1.807) is 32.0 Å². The second kappa shape index (κ2) is 40.0. The number of carbonyl (C=O) groups excluding carboxylic acids is 11. The van der Waals surface area contributed by atoms with E-state index in [2.05, 4.69) is 272 Å². The first-order chi connectivity index (χ1) is 47.9. The van der Waals surface area contributed by atoms with Crippen LogP contribution in [0.1, 0.15) is 72.6 Å². The molecule has 4 atom stereocenters. The third-order valence-electron chi connectivity index (χ3n) is 15.4. The van der Waals surface area contributed by atoms with E-state index in [-0.39, 0.29) is 99.9 Å². The number of hydrogen-bond donors (Lipinski definition) is 4. The number of amides is 10. The maximum absolute atomic E-state index is 12.5. The number of carboxylic acids is 3. The molecule has 0 bridgehead atoms. The number of ketones is 1. The van der Waals surface area contributed by atoms with Crippen molar-refractivity contribution in [2.45, 2.75) is 98.2 Å². The Bertz CT molecular complexity index is 4350. The molecule has 0 fully saturated rings. The third-order valence-corrected chi connectivity index (χ3v) is 30.6. The number of aryl methyl sites for hydroxylation is 2. The van der Waals surface area contributed by atoms with Crippen molar-refractivity contribution in [3.8, 4) is 5.75 Å². The number of halogens is 15. The van der Waals surface area contributed by atoms with Crippen LogP contribution in [-0.4, -0.2) is 147 Å². The molecule has 0 saturated carbocycles. The Morgan fingerprint density at radius 3 is 1.15 bits per heavy atom. The molecule has 0 radical (unpaired) electrons. The number of carboxylic acid groups (broad SMARTS) is 3. The maximum Gasteiger partial charge on any atom is 0.327 e. The van der Waals surface area contributed by atoms with Crippen LogP contribution in [0.15, 0.2) is 105 Å². The summed E-state index contributed by atoms with van der Waals surface area (Å²) in [5, 5.41) is 37.3. The van der Waals surface area contributed by atoms with E-state index in [4.69, 9.17) is 5.11 Å². The highest BCUT2D eigenvalue weighted by Crippen LogP contribution is 2.42. The maximum atomic E-state index is 12.5. The lowest BCUT2D eigenvalue weighted by atomic mass is 9.93. The Hall–Kier alpha value is -2.39. The number of benzene rings is 4. The topological polar surface area (TPSA) is 336 Å². The molecule has 4 aromatic carbocycles. The fourth-order valence-electron chi connectivity index (χ4n) is 9.64. The number of hydrogen-bond acceptors (Lipinski definition) is 15. The van der Waals surface area contributed by atoms with E-state index in [0.717, 1.165) is 77.9 Å². The minimum absolute atomic E-state index is 0.0433. The highest BCUT2D eigenvalue weighted by Gasteiger charge is 2.47. The van der Waals surface area contributed by atoms with E-state index in [1.165, 1.54) is 9.80 Å². The fourth-order valence-corrected chi connectivity index (χ4v) is 19.5. The van der Waals surface area contributed by atoms with E-state index in [0.29, 0.717) is 18.5 Å². The van der Waals surface area contributed by atoms with E-state index in [9.17, 15) is 82.4 Å².